The lowest BCUT2D eigenvalue weighted by atomic mass is 9.48. The monoisotopic (exact) mass is 292 g/mol. The summed E-state index contributed by atoms with van der Waals surface area (Å²) in [7, 11) is 0. The second-order valence-corrected chi connectivity index (χ2v) is 6.88. The lowest BCUT2D eigenvalue weighted by Gasteiger charge is -2.60. The van der Waals surface area contributed by atoms with Gasteiger partial charge < -0.3 is 15.8 Å². The molecule has 0 bridgehead atoms. The molecule has 3 rings (SSSR count). The Balaban J connectivity index is 1.67. The van der Waals surface area contributed by atoms with Gasteiger partial charge in [-0.15, -0.1) is 0 Å². The van der Waals surface area contributed by atoms with Gasteiger partial charge in [-0.1, -0.05) is 13.8 Å². The van der Waals surface area contributed by atoms with Gasteiger partial charge in [-0.05, 0) is 19.4 Å². The zero-order valence-corrected chi connectivity index (χ0v) is 12.9. The van der Waals surface area contributed by atoms with E-state index in [2.05, 4.69) is 10.4 Å². The number of aromatic nitrogens is 2. The Morgan fingerprint density at radius 2 is 2.38 bits per heavy atom. The Labute approximate surface area is 125 Å². The van der Waals surface area contributed by atoms with E-state index in [-0.39, 0.29) is 29.4 Å². The Hall–Kier alpha value is -1.40. The maximum atomic E-state index is 12.7. The van der Waals surface area contributed by atoms with Gasteiger partial charge in [0.25, 0.3) is 0 Å². The lowest BCUT2D eigenvalue weighted by Crippen LogP contribution is -2.80. The molecule has 21 heavy (non-hydrogen) atoms. The topological polar surface area (TPSA) is 82.2 Å². The summed E-state index contributed by atoms with van der Waals surface area (Å²) in [4.78, 5) is 12.7. The molecule has 1 saturated carbocycles. The third-order valence-corrected chi connectivity index (χ3v) is 5.23. The summed E-state index contributed by atoms with van der Waals surface area (Å²) < 4.78 is 7.54. The number of carbonyl (C=O) groups is 1. The van der Waals surface area contributed by atoms with E-state index in [0.717, 1.165) is 6.42 Å². The van der Waals surface area contributed by atoms with Crippen LogP contribution in [0.1, 0.15) is 27.2 Å². The van der Waals surface area contributed by atoms with E-state index >= 15 is 0 Å². The summed E-state index contributed by atoms with van der Waals surface area (Å²) in [5.74, 6) is 0.0586. The van der Waals surface area contributed by atoms with Gasteiger partial charge in [0.2, 0.25) is 5.91 Å². The van der Waals surface area contributed by atoms with Crippen LogP contribution in [0.5, 0.6) is 0 Å². The zero-order chi connectivity index (χ0) is 15.3. The van der Waals surface area contributed by atoms with Gasteiger partial charge >= 0.3 is 0 Å². The van der Waals surface area contributed by atoms with Gasteiger partial charge in [-0.3, -0.25) is 9.48 Å². The fourth-order valence-electron chi connectivity index (χ4n) is 3.92. The van der Waals surface area contributed by atoms with Crippen LogP contribution in [0.4, 0.5) is 0 Å². The molecule has 1 saturated heterocycles. The van der Waals surface area contributed by atoms with E-state index in [1.165, 1.54) is 0 Å². The highest BCUT2D eigenvalue weighted by Gasteiger charge is 2.71. The maximum Gasteiger partial charge on any atom is 0.241 e. The highest BCUT2D eigenvalue weighted by atomic mass is 16.5. The van der Waals surface area contributed by atoms with Crippen molar-refractivity contribution in [1.29, 1.82) is 0 Å². The van der Waals surface area contributed by atoms with Gasteiger partial charge in [0.15, 0.2) is 0 Å². The fourth-order valence-corrected chi connectivity index (χ4v) is 3.92. The predicted molar refractivity (Wildman–Crippen MR) is 78.4 cm³/mol. The van der Waals surface area contributed by atoms with Crippen LogP contribution < -0.4 is 11.1 Å². The number of hydrogen-bond donors (Lipinski definition) is 2. The molecule has 4 unspecified atom stereocenters. The molecular weight excluding hydrogens is 268 g/mol. The summed E-state index contributed by atoms with van der Waals surface area (Å²) >= 11 is 0. The van der Waals surface area contributed by atoms with E-state index in [1.807, 2.05) is 37.7 Å². The molecule has 6 nitrogen and oxygen atoms in total. The number of rotatable bonds is 4. The number of nitrogens with zero attached hydrogens (tertiary/aromatic N) is 2. The maximum absolute atomic E-state index is 12.7. The van der Waals surface area contributed by atoms with Crippen molar-refractivity contribution >= 4 is 5.91 Å². The van der Waals surface area contributed by atoms with Crippen LogP contribution in [0.2, 0.25) is 0 Å². The van der Waals surface area contributed by atoms with Gasteiger partial charge in [0.05, 0.1) is 12.6 Å². The van der Waals surface area contributed by atoms with Gasteiger partial charge in [0.1, 0.15) is 5.54 Å². The molecule has 1 aromatic heterocycles. The van der Waals surface area contributed by atoms with Crippen LogP contribution >= 0.6 is 0 Å². The average molecular weight is 292 g/mol. The molecule has 0 radical (unpaired) electrons. The summed E-state index contributed by atoms with van der Waals surface area (Å²) in [6.07, 6.45) is 4.59. The van der Waals surface area contributed by atoms with Crippen molar-refractivity contribution in [2.75, 3.05) is 6.61 Å². The van der Waals surface area contributed by atoms with Crippen molar-refractivity contribution in [3.8, 4) is 0 Å². The molecule has 1 aromatic rings. The first kappa shape index (κ1) is 14.5. The lowest BCUT2D eigenvalue weighted by molar-refractivity contribution is -0.176. The number of fused-ring (bicyclic) bond motifs is 1. The number of nitrogens with two attached hydrogens (primary N) is 1. The Bertz CT molecular complexity index is 528. The molecule has 1 aliphatic heterocycles. The molecular formula is C15H24N4O2. The first-order chi connectivity index (χ1) is 9.87. The number of carbonyl (C=O) groups excluding carboxylic acids is 1. The van der Waals surface area contributed by atoms with Crippen molar-refractivity contribution in [3.05, 3.63) is 18.5 Å². The van der Waals surface area contributed by atoms with Crippen molar-refractivity contribution in [1.82, 2.24) is 15.1 Å². The zero-order valence-electron chi connectivity index (χ0n) is 12.9. The second-order valence-electron chi connectivity index (χ2n) is 6.88. The molecule has 2 fully saturated rings. The van der Waals surface area contributed by atoms with E-state index in [9.17, 15) is 4.79 Å². The largest absolute Gasteiger partial charge is 0.377 e. The number of ether oxygens (including phenoxy) is 1. The molecule has 0 aromatic carbocycles. The molecule has 2 aliphatic rings. The Kier molecular flexibility index (Phi) is 3.33. The molecule has 6 heteroatoms. The molecule has 2 heterocycles. The SMILES string of the molecule is CC(Cn1cccn1)NC(=O)C1(N)C2CCOC2C1(C)C. The summed E-state index contributed by atoms with van der Waals surface area (Å²) in [5.41, 5.74) is 5.35. The summed E-state index contributed by atoms with van der Waals surface area (Å²) in [5, 5.41) is 7.20. The highest BCUT2D eigenvalue weighted by Crippen LogP contribution is 2.58. The summed E-state index contributed by atoms with van der Waals surface area (Å²) in [6, 6.07) is 1.85. The minimum absolute atomic E-state index is 0.0185. The predicted octanol–water partition coefficient (Wildman–Crippen LogP) is 0.530. The fraction of sp³-hybridized carbons (Fsp3) is 0.733. The highest BCUT2D eigenvalue weighted by molar-refractivity contribution is 5.89. The van der Waals surface area contributed by atoms with Crippen LogP contribution in [0, 0.1) is 11.3 Å². The first-order valence-electron chi connectivity index (χ1n) is 7.56. The van der Waals surface area contributed by atoms with Crippen LogP contribution in [0.3, 0.4) is 0 Å². The van der Waals surface area contributed by atoms with E-state index in [1.54, 1.807) is 6.20 Å². The molecule has 1 aliphatic carbocycles. The third kappa shape index (κ3) is 2.00. The van der Waals surface area contributed by atoms with Gasteiger partial charge in [-0.2, -0.15) is 5.10 Å². The van der Waals surface area contributed by atoms with Crippen LogP contribution in [0.15, 0.2) is 18.5 Å². The number of amides is 1. The molecule has 0 spiro atoms. The van der Waals surface area contributed by atoms with Crippen molar-refractivity contribution < 1.29 is 9.53 Å². The molecule has 1 amide bonds. The third-order valence-electron chi connectivity index (χ3n) is 5.23. The second kappa shape index (κ2) is 4.81. The normalized spacial score (nSPS) is 34.9. The Morgan fingerprint density at radius 1 is 1.62 bits per heavy atom. The van der Waals surface area contributed by atoms with Crippen molar-refractivity contribution in [2.45, 2.75) is 51.4 Å². The van der Waals surface area contributed by atoms with Crippen LogP contribution in [-0.2, 0) is 16.1 Å². The standard InChI is InChI=1S/C15H24N4O2/c1-10(9-19-7-4-6-17-19)18-13(20)15(16)11-5-8-21-12(11)14(15,2)3/h4,6-7,10-12H,5,8-9,16H2,1-3H3,(H,18,20). The van der Waals surface area contributed by atoms with E-state index in [4.69, 9.17) is 10.5 Å². The number of nitrogens with one attached hydrogen (secondary N) is 1. The van der Waals surface area contributed by atoms with Gasteiger partial charge in [0, 0.05) is 36.4 Å². The van der Waals surface area contributed by atoms with Crippen LogP contribution in [0.25, 0.3) is 0 Å². The summed E-state index contributed by atoms with van der Waals surface area (Å²) in [6.45, 7) is 7.36. The van der Waals surface area contributed by atoms with Crippen LogP contribution in [-0.4, -0.2) is 40.0 Å². The van der Waals surface area contributed by atoms with Crippen molar-refractivity contribution in [3.63, 3.8) is 0 Å². The smallest absolute Gasteiger partial charge is 0.241 e. The first-order valence-corrected chi connectivity index (χ1v) is 7.56. The Morgan fingerprint density at radius 3 is 3.05 bits per heavy atom. The molecule has 3 N–H and O–H groups in total. The molecule has 4 atom stereocenters. The molecule has 116 valence electrons. The minimum atomic E-state index is -0.841. The van der Waals surface area contributed by atoms with E-state index < -0.39 is 5.54 Å². The quantitative estimate of drug-likeness (QED) is 0.848. The van der Waals surface area contributed by atoms with E-state index in [0.29, 0.717) is 13.2 Å². The number of hydrogen-bond acceptors (Lipinski definition) is 4. The van der Waals surface area contributed by atoms with Gasteiger partial charge in [-0.25, -0.2) is 0 Å². The average Bonchev–Trinajstić information content (AvgIpc) is 3.06. The minimum Gasteiger partial charge on any atom is -0.377 e. The van der Waals surface area contributed by atoms with Crippen molar-refractivity contribution in [2.24, 2.45) is 17.1 Å².